The zero-order chi connectivity index (χ0) is 15.6. The summed E-state index contributed by atoms with van der Waals surface area (Å²) in [6.07, 6.45) is -4.88. The van der Waals surface area contributed by atoms with Crippen LogP contribution in [0.15, 0.2) is 0 Å². The average molecular weight is 296 g/mol. The van der Waals surface area contributed by atoms with Gasteiger partial charge in [0.05, 0.1) is 0 Å². The summed E-state index contributed by atoms with van der Waals surface area (Å²) in [5.74, 6) is -1.83. The standard InChI is InChI=1S/C12H19F3N2O3/c1-11(2,3)20-10(19)16-8-4-6-17(7-5-8)9(18)12(13,14)15/h8H,4-7H2,1-3H3,(H,16,19). The van der Waals surface area contributed by atoms with E-state index in [1.807, 2.05) is 0 Å². The van der Waals surface area contributed by atoms with Crippen molar-refractivity contribution in [1.82, 2.24) is 10.2 Å². The molecular formula is C12H19F3N2O3. The van der Waals surface area contributed by atoms with Crippen LogP contribution in [0.25, 0.3) is 0 Å². The molecule has 0 aromatic rings. The van der Waals surface area contributed by atoms with Gasteiger partial charge in [0.1, 0.15) is 5.60 Å². The number of carbonyl (C=O) groups excluding carboxylic acids is 2. The Hall–Kier alpha value is -1.47. The molecule has 116 valence electrons. The third-order valence-corrected chi connectivity index (χ3v) is 2.75. The highest BCUT2D eigenvalue weighted by Crippen LogP contribution is 2.21. The van der Waals surface area contributed by atoms with Gasteiger partial charge in [-0.1, -0.05) is 0 Å². The molecule has 0 aromatic heterocycles. The molecular weight excluding hydrogens is 277 g/mol. The number of nitrogens with one attached hydrogen (secondary N) is 1. The number of alkyl halides is 3. The summed E-state index contributed by atoms with van der Waals surface area (Å²) in [5.41, 5.74) is -0.628. The maximum atomic E-state index is 12.2. The number of halogens is 3. The predicted octanol–water partition coefficient (Wildman–Crippen LogP) is 2.06. The van der Waals surface area contributed by atoms with E-state index in [0.29, 0.717) is 0 Å². The highest BCUT2D eigenvalue weighted by molar-refractivity contribution is 5.82. The van der Waals surface area contributed by atoms with E-state index < -0.39 is 23.8 Å². The summed E-state index contributed by atoms with van der Waals surface area (Å²) < 4.78 is 41.8. The average Bonchev–Trinajstić information content (AvgIpc) is 2.25. The van der Waals surface area contributed by atoms with Crippen LogP contribution in [0.2, 0.25) is 0 Å². The van der Waals surface area contributed by atoms with Crippen molar-refractivity contribution in [1.29, 1.82) is 0 Å². The van der Waals surface area contributed by atoms with Crippen molar-refractivity contribution in [3.05, 3.63) is 0 Å². The van der Waals surface area contributed by atoms with E-state index in [4.69, 9.17) is 4.74 Å². The molecule has 5 nitrogen and oxygen atoms in total. The van der Waals surface area contributed by atoms with Gasteiger partial charge in [0.15, 0.2) is 0 Å². The van der Waals surface area contributed by atoms with E-state index >= 15 is 0 Å². The number of rotatable bonds is 1. The molecule has 0 atom stereocenters. The van der Waals surface area contributed by atoms with E-state index in [2.05, 4.69) is 5.32 Å². The molecule has 1 N–H and O–H groups in total. The zero-order valence-electron chi connectivity index (χ0n) is 11.7. The maximum absolute atomic E-state index is 12.2. The highest BCUT2D eigenvalue weighted by Gasteiger charge is 2.43. The summed E-state index contributed by atoms with van der Waals surface area (Å²) in [6.45, 7) is 5.10. The molecule has 0 saturated carbocycles. The van der Waals surface area contributed by atoms with Crippen LogP contribution in [-0.2, 0) is 9.53 Å². The van der Waals surface area contributed by atoms with Crippen molar-refractivity contribution in [2.24, 2.45) is 0 Å². The van der Waals surface area contributed by atoms with Gasteiger partial charge in [0, 0.05) is 19.1 Å². The number of carbonyl (C=O) groups is 2. The lowest BCUT2D eigenvalue weighted by atomic mass is 10.1. The SMILES string of the molecule is CC(C)(C)OC(=O)NC1CCN(C(=O)C(F)(F)F)CC1. The van der Waals surface area contributed by atoms with Gasteiger partial charge in [-0.2, -0.15) is 13.2 Å². The number of piperidine rings is 1. The molecule has 0 aliphatic carbocycles. The second-order valence-electron chi connectivity index (χ2n) is 5.71. The molecule has 2 amide bonds. The van der Waals surface area contributed by atoms with Crippen LogP contribution in [0, 0.1) is 0 Å². The zero-order valence-corrected chi connectivity index (χ0v) is 11.7. The van der Waals surface area contributed by atoms with Gasteiger partial charge in [-0.05, 0) is 33.6 Å². The van der Waals surface area contributed by atoms with E-state index in [9.17, 15) is 22.8 Å². The fourth-order valence-corrected chi connectivity index (χ4v) is 1.88. The molecule has 1 saturated heterocycles. The lowest BCUT2D eigenvalue weighted by Gasteiger charge is -2.33. The van der Waals surface area contributed by atoms with Crippen LogP contribution in [0.4, 0.5) is 18.0 Å². The van der Waals surface area contributed by atoms with Crippen LogP contribution < -0.4 is 5.32 Å². The lowest BCUT2D eigenvalue weighted by molar-refractivity contribution is -0.186. The van der Waals surface area contributed by atoms with Gasteiger partial charge in [-0.25, -0.2) is 4.79 Å². The normalized spacial score (nSPS) is 17.8. The van der Waals surface area contributed by atoms with E-state index in [1.165, 1.54) is 0 Å². The van der Waals surface area contributed by atoms with Crippen molar-refractivity contribution >= 4 is 12.0 Å². The quantitative estimate of drug-likeness (QED) is 0.806. The van der Waals surface area contributed by atoms with Crippen molar-refractivity contribution in [3.63, 3.8) is 0 Å². The van der Waals surface area contributed by atoms with Gasteiger partial charge in [-0.15, -0.1) is 0 Å². The molecule has 1 aliphatic heterocycles. The Labute approximate surface area is 115 Å². The number of alkyl carbamates (subject to hydrolysis) is 1. The molecule has 0 spiro atoms. The largest absolute Gasteiger partial charge is 0.471 e. The molecule has 1 fully saturated rings. The Balaban J connectivity index is 2.40. The minimum Gasteiger partial charge on any atom is -0.444 e. The van der Waals surface area contributed by atoms with Crippen LogP contribution in [0.1, 0.15) is 33.6 Å². The van der Waals surface area contributed by atoms with Gasteiger partial charge < -0.3 is 15.0 Å². The summed E-state index contributed by atoms with van der Waals surface area (Å²) >= 11 is 0. The summed E-state index contributed by atoms with van der Waals surface area (Å²) in [4.78, 5) is 23.3. The van der Waals surface area contributed by atoms with Gasteiger partial charge in [-0.3, -0.25) is 4.79 Å². The lowest BCUT2D eigenvalue weighted by Crippen LogP contribution is -2.50. The van der Waals surface area contributed by atoms with Crippen LogP contribution in [0.5, 0.6) is 0 Å². The number of nitrogens with zero attached hydrogens (tertiary/aromatic N) is 1. The molecule has 0 aromatic carbocycles. The maximum Gasteiger partial charge on any atom is 0.471 e. The van der Waals surface area contributed by atoms with Crippen molar-refractivity contribution < 1.29 is 27.5 Å². The minimum absolute atomic E-state index is 0.0290. The Kier molecular flexibility index (Phi) is 4.88. The van der Waals surface area contributed by atoms with Crippen LogP contribution in [0.3, 0.4) is 0 Å². The Morgan fingerprint density at radius 3 is 2.05 bits per heavy atom. The van der Waals surface area contributed by atoms with E-state index in [1.54, 1.807) is 20.8 Å². The molecule has 0 radical (unpaired) electrons. The van der Waals surface area contributed by atoms with Crippen molar-refractivity contribution in [2.45, 2.75) is 51.4 Å². The first-order valence-corrected chi connectivity index (χ1v) is 6.34. The van der Waals surface area contributed by atoms with Crippen LogP contribution in [-0.4, -0.2) is 47.8 Å². The van der Waals surface area contributed by atoms with Crippen molar-refractivity contribution in [2.75, 3.05) is 13.1 Å². The fourth-order valence-electron chi connectivity index (χ4n) is 1.88. The second-order valence-corrected chi connectivity index (χ2v) is 5.71. The third-order valence-electron chi connectivity index (χ3n) is 2.75. The first-order valence-electron chi connectivity index (χ1n) is 6.34. The molecule has 1 aliphatic rings. The summed E-state index contributed by atoms with van der Waals surface area (Å²) in [6, 6.07) is -0.276. The molecule has 0 unspecified atom stereocenters. The van der Waals surface area contributed by atoms with Gasteiger partial charge >= 0.3 is 18.2 Å². The smallest absolute Gasteiger partial charge is 0.444 e. The molecule has 1 rings (SSSR count). The Morgan fingerprint density at radius 2 is 1.65 bits per heavy atom. The van der Waals surface area contributed by atoms with Gasteiger partial charge in [0.25, 0.3) is 0 Å². The van der Waals surface area contributed by atoms with E-state index in [-0.39, 0.29) is 32.0 Å². The first-order chi connectivity index (χ1) is 8.99. The molecule has 0 bridgehead atoms. The fraction of sp³-hybridized carbons (Fsp3) is 0.833. The van der Waals surface area contributed by atoms with Gasteiger partial charge in [0.2, 0.25) is 0 Å². The predicted molar refractivity (Wildman–Crippen MR) is 65.0 cm³/mol. The minimum atomic E-state index is -4.84. The monoisotopic (exact) mass is 296 g/mol. The molecule has 1 heterocycles. The number of hydrogen-bond donors (Lipinski definition) is 1. The first kappa shape index (κ1) is 16.6. The third kappa shape index (κ3) is 5.26. The topological polar surface area (TPSA) is 58.6 Å². The summed E-state index contributed by atoms with van der Waals surface area (Å²) in [5, 5.41) is 2.59. The van der Waals surface area contributed by atoms with E-state index in [0.717, 1.165) is 4.90 Å². The number of hydrogen-bond acceptors (Lipinski definition) is 3. The second kappa shape index (κ2) is 5.88. The highest BCUT2D eigenvalue weighted by atomic mass is 19.4. The number of likely N-dealkylation sites (tertiary alicyclic amines) is 1. The van der Waals surface area contributed by atoms with Crippen molar-refractivity contribution in [3.8, 4) is 0 Å². The summed E-state index contributed by atoms with van der Waals surface area (Å²) in [7, 11) is 0. The number of ether oxygens (including phenoxy) is 1. The Morgan fingerprint density at radius 1 is 1.15 bits per heavy atom. The number of amides is 2. The Bertz CT molecular complexity index is 369. The molecule has 8 heteroatoms. The van der Waals surface area contributed by atoms with Crippen LogP contribution >= 0.6 is 0 Å². The molecule has 20 heavy (non-hydrogen) atoms.